The number of halogens is 1. The third-order valence-electron chi connectivity index (χ3n) is 5.70. The number of aromatic nitrogens is 1. The molecule has 1 fully saturated rings. The van der Waals surface area contributed by atoms with Crippen LogP contribution >= 0.6 is 0 Å². The van der Waals surface area contributed by atoms with Crippen LogP contribution in [0.1, 0.15) is 48.1 Å². The normalized spacial score (nSPS) is 16.6. The summed E-state index contributed by atoms with van der Waals surface area (Å²) in [6, 6.07) is 16.7. The second-order valence-electron chi connectivity index (χ2n) is 8.19. The number of carbonyl (C=O) groups is 1. The van der Waals surface area contributed by atoms with E-state index in [1.54, 1.807) is 18.3 Å². The van der Waals surface area contributed by atoms with Crippen molar-refractivity contribution in [1.82, 2.24) is 14.8 Å². The van der Waals surface area contributed by atoms with Crippen LogP contribution in [0.2, 0.25) is 0 Å². The molecule has 0 bridgehead atoms. The Morgan fingerprint density at radius 3 is 2.74 bits per heavy atom. The van der Waals surface area contributed by atoms with Gasteiger partial charge in [0, 0.05) is 25.1 Å². The Morgan fingerprint density at radius 2 is 1.94 bits per heavy atom. The number of likely N-dealkylation sites (N-methyl/N-ethyl adjacent to an activating group) is 1. The van der Waals surface area contributed by atoms with E-state index in [4.69, 9.17) is 4.42 Å². The second kappa shape index (κ2) is 9.88. The quantitative estimate of drug-likeness (QED) is 0.560. The highest BCUT2D eigenvalue weighted by atomic mass is 19.1. The summed E-state index contributed by atoms with van der Waals surface area (Å²) in [7, 11) is 1.84. The average Bonchev–Trinajstić information content (AvgIpc) is 3.24. The van der Waals surface area contributed by atoms with Crippen molar-refractivity contribution >= 4 is 5.91 Å². The lowest BCUT2D eigenvalue weighted by Crippen LogP contribution is -2.43. The molecule has 0 unspecified atom stereocenters. The fourth-order valence-electron chi connectivity index (χ4n) is 4.14. The van der Waals surface area contributed by atoms with E-state index in [9.17, 15) is 9.18 Å². The van der Waals surface area contributed by atoms with Gasteiger partial charge in [0.25, 0.3) is 0 Å². The number of likely N-dealkylation sites (tertiary alicyclic amines) is 1. The average molecular weight is 422 g/mol. The van der Waals surface area contributed by atoms with E-state index in [1.165, 1.54) is 6.07 Å². The highest BCUT2D eigenvalue weighted by Crippen LogP contribution is 2.31. The lowest BCUT2D eigenvalue weighted by atomic mass is 10.0. The molecule has 2 heterocycles. The number of rotatable bonds is 7. The Kier molecular flexibility index (Phi) is 6.77. The molecule has 2 aromatic carbocycles. The summed E-state index contributed by atoms with van der Waals surface area (Å²) >= 11 is 0. The molecule has 1 aliphatic heterocycles. The highest BCUT2D eigenvalue weighted by Gasteiger charge is 2.31. The molecular weight excluding hydrogens is 393 g/mol. The molecule has 3 aromatic rings. The van der Waals surface area contributed by atoms with Gasteiger partial charge in [0.1, 0.15) is 17.6 Å². The number of oxazole rings is 1. The van der Waals surface area contributed by atoms with Crippen molar-refractivity contribution in [3.63, 3.8) is 0 Å². The van der Waals surface area contributed by atoms with Crippen molar-refractivity contribution in [2.45, 2.75) is 38.3 Å². The highest BCUT2D eigenvalue weighted by molar-refractivity contribution is 5.78. The van der Waals surface area contributed by atoms with E-state index in [0.717, 1.165) is 30.6 Å². The van der Waals surface area contributed by atoms with Gasteiger partial charge in [0.2, 0.25) is 11.8 Å². The Morgan fingerprint density at radius 1 is 1.16 bits per heavy atom. The fourth-order valence-corrected chi connectivity index (χ4v) is 4.14. The van der Waals surface area contributed by atoms with E-state index >= 15 is 0 Å². The molecule has 1 amide bonds. The zero-order chi connectivity index (χ0) is 21.6. The number of carbonyl (C=O) groups excluding carboxylic acids is 1. The van der Waals surface area contributed by atoms with Gasteiger partial charge in [-0.05, 0) is 37.9 Å². The van der Waals surface area contributed by atoms with Crippen LogP contribution in [0.25, 0.3) is 0 Å². The summed E-state index contributed by atoms with van der Waals surface area (Å²) in [4.78, 5) is 21.3. The van der Waals surface area contributed by atoms with Gasteiger partial charge in [-0.15, -0.1) is 0 Å². The third-order valence-corrected chi connectivity index (χ3v) is 5.70. The Labute approximate surface area is 182 Å². The fraction of sp³-hybridized carbons (Fsp3) is 0.360. The molecule has 0 radical (unpaired) electrons. The van der Waals surface area contributed by atoms with Gasteiger partial charge in [-0.25, -0.2) is 9.37 Å². The first-order valence-electron chi connectivity index (χ1n) is 10.8. The van der Waals surface area contributed by atoms with Crippen molar-refractivity contribution in [2.75, 3.05) is 20.1 Å². The van der Waals surface area contributed by atoms with Crippen LogP contribution in [0.15, 0.2) is 65.2 Å². The summed E-state index contributed by atoms with van der Waals surface area (Å²) in [5.41, 5.74) is 1.75. The van der Waals surface area contributed by atoms with E-state index in [2.05, 4.69) is 17.1 Å². The number of piperidine rings is 1. The summed E-state index contributed by atoms with van der Waals surface area (Å²) < 4.78 is 20.0. The molecule has 1 saturated heterocycles. The predicted octanol–water partition coefficient (Wildman–Crippen LogP) is 4.59. The minimum absolute atomic E-state index is 0.0198. The van der Waals surface area contributed by atoms with Crippen molar-refractivity contribution < 1.29 is 13.6 Å². The minimum atomic E-state index is -0.247. The molecule has 1 atom stereocenters. The minimum Gasteiger partial charge on any atom is -0.443 e. The topological polar surface area (TPSA) is 49.6 Å². The van der Waals surface area contributed by atoms with Crippen molar-refractivity contribution in [2.24, 2.45) is 0 Å². The van der Waals surface area contributed by atoms with Crippen molar-refractivity contribution in [3.05, 3.63) is 89.4 Å². The Hall–Kier alpha value is -2.99. The van der Waals surface area contributed by atoms with Crippen LogP contribution in [0, 0.1) is 5.82 Å². The monoisotopic (exact) mass is 421 g/mol. The molecule has 6 heteroatoms. The molecule has 1 aromatic heterocycles. The maximum atomic E-state index is 13.9. The largest absolute Gasteiger partial charge is 0.443 e. The molecule has 4 rings (SSSR count). The molecule has 162 valence electrons. The van der Waals surface area contributed by atoms with E-state index < -0.39 is 0 Å². The third kappa shape index (κ3) is 5.39. The molecule has 5 nitrogen and oxygen atoms in total. The van der Waals surface area contributed by atoms with Gasteiger partial charge in [0.05, 0.1) is 12.7 Å². The van der Waals surface area contributed by atoms with Gasteiger partial charge >= 0.3 is 0 Å². The molecule has 0 N–H and O–H groups in total. The molecular formula is C25H28FN3O2. The lowest BCUT2D eigenvalue weighted by molar-refractivity contribution is -0.136. The van der Waals surface area contributed by atoms with Gasteiger partial charge < -0.3 is 9.32 Å². The maximum Gasteiger partial charge on any atom is 0.237 e. The van der Waals surface area contributed by atoms with Gasteiger partial charge in [0.15, 0.2) is 0 Å². The Bertz CT molecular complexity index is 1000. The molecule has 0 saturated carbocycles. The SMILES string of the molecule is CN(CC(=O)N1CCCC[C@@H]1c1ncc(Cc2ccccc2)o1)Cc1ccccc1F. The number of amides is 1. The summed E-state index contributed by atoms with van der Waals surface area (Å²) in [6.07, 6.45) is 5.30. The van der Waals surface area contributed by atoms with Crippen LogP contribution in [-0.4, -0.2) is 40.8 Å². The molecule has 31 heavy (non-hydrogen) atoms. The Balaban J connectivity index is 1.41. The van der Waals surface area contributed by atoms with E-state index in [0.29, 0.717) is 31.0 Å². The van der Waals surface area contributed by atoms with Crippen LogP contribution in [0.5, 0.6) is 0 Å². The van der Waals surface area contributed by atoms with Crippen LogP contribution in [0.4, 0.5) is 4.39 Å². The molecule has 0 spiro atoms. The first-order valence-corrected chi connectivity index (χ1v) is 10.8. The number of nitrogens with zero attached hydrogens (tertiary/aromatic N) is 3. The van der Waals surface area contributed by atoms with Gasteiger partial charge in [-0.3, -0.25) is 9.69 Å². The molecule has 0 aliphatic carbocycles. The van der Waals surface area contributed by atoms with Crippen LogP contribution < -0.4 is 0 Å². The number of benzene rings is 2. The summed E-state index contributed by atoms with van der Waals surface area (Å²) in [6.45, 7) is 1.30. The van der Waals surface area contributed by atoms with Crippen LogP contribution in [0.3, 0.4) is 0 Å². The summed E-state index contributed by atoms with van der Waals surface area (Å²) in [5.74, 6) is 1.18. The number of hydrogen-bond acceptors (Lipinski definition) is 4. The first kappa shape index (κ1) is 21.2. The molecule has 1 aliphatic rings. The predicted molar refractivity (Wildman–Crippen MR) is 117 cm³/mol. The standard InChI is InChI=1S/C25H28FN3O2/c1-28(17-20-11-5-6-12-22(20)26)18-24(30)29-14-8-7-13-23(29)25-27-16-21(31-25)15-19-9-3-2-4-10-19/h2-6,9-12,16,23H,7-8,13-15,17-18H2,1H3/t23-/m1/s1. The zero-order valence-corrected chi connectivity index (χ0v) is 17.8. The smallest absolute Gasteiger partial charge is 0.237 e. The zero-order valence-electron chi connectivity index (χ0n) is 17.8. The maximum absolute atomic E-state index is 13.9. The second-order valence-corrected chi connectivity index (χ2v) is 8.19. The first-order chi connectivity index (χ1) is 15.1. The van der Waals surface area contributed by atoms with E-state index in [1.807, 2.05) is 41.1 Å². The van der Waals surface area contributed by atoms with Gasteiger partial charge in [-0.2, -0.15) is 0 Å². The van der Waals surface area contributed by atoms with Gasteiger partial charge in [-0.1, -0.05) is 48.5 Å². The number of hydrogen-bond donors (Lipinski definition) is 0. The summed E-state index contributed by atoms with van der Waals surface area (Å²) in [5, 5.41) is 0. The van der Waals surface area contributed by atoms with Crippen molar-refractivity contribution in [1.29, 1.82) is 0 Å². The van der Waals surface area contributed by atoms with Crippen molar-refractivity contribution in [3.8, 4) is 0 Å². The lowest BCUT2D eigenvalue weighted by Gasteiger charge is -2.35. The van der Waals surface area contributed by atoms with E-state index in [-0.39, 0.29) is 24.3 Å². The van der Waals surface area contributed by atoms with Crippen LogP contribution in [-0.2, 0) is 17.8 Å².